The Kier molecular flexibility index (Phi) is 4.33. The van der Waals surface area contributed by atoms with Gasteiger partial charge in [-0.05, 0) is 36.8 Å². The van der Waals surface area contributed by atoms with E-state index in [0.717, 1.165) is 5.56 Å². The molecule has 3 aromatic carbocycles. The third-order valence-electron chi connectivity index (χ3n) is 4.00. The Hall–Kier alpha value is -3.43. The van der Waals surface area contributed by atoms with Gasteiger partial charge in [-0.1, -0.05) is 30.3 Å². The minimum atomic E-state index is -0.755. The van der Waals surface area contributed by atoms with E-state index in [-0.39, 0.29) is 17.4 Å². The third kappa shape index (κ3) is 3.01. The molecule has 1 atom stereocenters. The minimum absolute atomic E-state index is 0.0770. The Morgan fingerprint density at radius 3 is 2.28 bits per heavy atom. The van der Waals surface area contributed by atoms with E-state index in [9.17, 15) is 14.8 Å². The van der Waals surface area contributed by atoms with E-state index in [1.807, 2.05) is 43.3 Å². The van der Waals surface area contributed by atoms with Crippen molar-refractivity contribution in [1.82, 2.24) is 0 Å². The van der Waals surface area contributed by atoms with Gasteiger partial charge in [-0.25, -0.2) is 5.06 Å². The molecule has 0 amide bonds. The van der Waals surface area contributed by atoms with Gasteiger partial charge in [0.1, 0.15) is 11.4 Å². The molecule has 0 saturated heterocycles. The normalized spacial score (nSPS) is 11.7. The Labute approximate surface area is 143 Å². The van der Waals surface area contributed by atoms with Crippen molar-refractivity contribution < 1.29 is 5.21 Å². The first kappa shape index (κ1) is 16.4. The van der Waals surface area contributed by atoms with Gasteiger partial charge in [-0.15, -0.1) is 0 Å². The number of hydrogen-bond donors (Lipinski definition) is 2. The zero-order valence-corrected chi connectivity index (χ0v) is 13.4. The van der Waals surface area contributed by atoms with Crippen molar-refractivity contribution in [3.63, 3.8) is 0 Å². The van der Waals surface area contributed by atoms with Gasteiger partial charge in [0.05, 0.1) is 17.3 Å². The standard InChI is InChI=1S/C19H15N3O3/c1-12(14-5-3-2-4-6-14)21-16-17(19(24)18(16)23)22(25)15-9-7-13(11-20)8-10-15/h2-10,12,21,25H,1H3/t12-/m1/s1. The Bertz CT molecular complexity index is 997. The third-order valence-corrected chi connectivity index (χ3v) is 4.00. The number of nitriles is 1. The van der Waals surface area contributed by atoms with Crippen molar-refractivity contribution in [1.29, 1.82) is 5.26 Å². The summed E-state index contributed by atoms with van der Waals surface area (Å²) in [6.45, 7) is 1.86. The summed E-state index contributed by atoms with van der Waals surface area (Å²) in [4.78, 5) is 23.9. The van der Waals surface area contributed by atoms with Gasteiger partial charge in [-0.3, -0.25) is 14.8 Å². The van der Waals surface area contributed by atoms with Crippen LogP contribution in [0, 0.1) is 11.3 Å². The van der Waals surface area contributed by atoms with Crippen molar-refractivity contribution in [3.8, 4) is 6.07 Å². The van der Waals surface area contributed by atoms with Crippen LogP contribution < -0.4 is 21.2 Å². The lowest BCUT2D eigenvalue weighted by Crippen LogP contribution is -2.40. The van der Waals surface area contributed by atoms with Crippen LogP contribution in [0.4, 0.5) is 17.1 Å². The van der Waals surface area contributed by atoms with Gasteiger partial charge in [0.15, 0.2) is 0 Å². The van der Waals surface area contributed by atoms with E-state index in [1.165, 1.54) is 24.3 Å². The van der Waals surface area contributed by atoms with Crippen molar-refractivity contribution in [2.75, 3.05) is 10.4 Å². The SMILES string of the molecule is C[C@@H](Nc1c(N(O)c2ccc(C#N)cc2)c(=O)c1=O)c1ccccc1. The van der Waals surface area contributed by atoms with Crippen molar-refractivity contribution >= 4 is 17.1 Å². The largest absolute Gasteiger partial charge is 0.373 e. The number of nitrogens with zero attached hydrogens (tertiary/aromatic N) is 2. The molecule has 0 heterocycles. The highest BCUT2D eigenvalue weighted by atomic mass is 16.5. The maximum absolute atomic E-state index is 11.9. The zero-order chi connectivity index (χ0) is 18.0. The maximum atomic E-state index is 11.9. The van der Waals surface area contributed by atoms with Gasteiger partial charge in [-0.2, -0.15) is 5.26 Å². The van der Waals surface area contributed by atoms with Crippen LogP contribution in [0.15, 0.2) is 64.2 Å². The molecule has 3 rings (SSSR count). The summed E-state index contributed by atoms with van der Waals surface area (Å²) >= 11 is 0. The number of benzene rings is 2. The van der Waals surface area contributed by atoms with E-state index in [1.54, 1.807) is 0 Å². The second kappa shape index (κ2) is 6.59. The molecule has 0 bridgehead atoms. The van der Waals surface area contributed by atoms with Crippen LogP contribution in [0.5, 0.6) is 0 Å². The lowest BCUT2D eigenvalue weighted by Gasteiger charge is -2.24. The first-order valence-corrected chi connectivity index (χ1v) is 7.67. The fourth-order valence-corrected chi connectivity index (χ4v) is 2.56. The number of rotatable bonds is 5. The highest BCUT2D eigenvalue weighted by Crippen LogP contribution is 2.29. The molecular formula is C19H15N3O3. The maximum Gasteiger partial charge on any atom is 0.256 e. The molecule has 0 fully saturated rings. The molecule has 2 N–H and O–H groups in total. The quantitative estimate of drug-likeness (QED) is 0.551. The minimum Gasteiger partial charge on any atom is -0.373 e. The molecule has 0 spiro atoms. The first-order chi connectivity index (χ1) is 12.0. The molecule has 25 heavy (non-hydrogen) atoms. The second-order valence-corrected chi connectivity index (χ2v) is 5.63. The van der Waals surface area contributed by atoms with Gasteiger partial charge < -0.3 is 5.32 Å². The van der Waals surface area contributed by atoms with Crippen molar-refractivity contribution in [2.45, 2.75) is 13.0 Å². The van der Waals surface area contributed by atoms with Crippen molar-refractivity contribution in [2.24, 2.45) is 0 Å². The molecular weight excluding hydrogens is 318 g/mol. The van der Waals surface area contributed by atoms with E-state index in [2.05, 4.69) is 5.32 Å². The summed E-state index contributed by atoms with van der Waals surface area (Å²) in [5.41, 5.74) is 0.231. The predicted octanol–water partition coefficient (Wildman–Crippen LogP) is 2.85. The Balaban J connectivity index is 1.88. The molecule has 0 saturated carbocycles. The molecule has 0 radical (unpaired) electrons. The second-order valence-electron chi connectivity index (χ2n) is 5.63. The van der Waals surface area contributed by atoms with Crippen LogP contribution in [0.25, 0.3) is 0 Å². The highest BCUT2D eigenvalue weighted by Gasteiger charge is 2.27. The summed E-state index contributed by atoms with van der Waals surface area (Å²) in [5, 5.41) is 22.8. The van der Waals surface area contributed by atoms with E-state index < -0.39 is 10.9 Å². The van der Waals surface area contributed by atoms with Crippen LogP contribution in [0.3, 0.4) is 0 Å². The lowest BCUT2D eigenvalue weighted by molar-refractivity contribution is 0.299. The fourth-order valence-electron chi connectivity index (χ4n) is 2.56. The van der Waals surface area contributed by atoms with Crippen LogP contribution in [0.1, 0.15) is 24.1 Å². The topological polar surface area (TPSA) is 93.4 Å². The summed E-state index contributed by atoms with van der Waals surface area (Å²) in [5.74, 6) is 0. The number of hydrogen-bond acceptors (Lipinski definition) is 6. The van der Waals surface area contributed by atoms with Crippen LogP contribution in [-0.4, -0.2) is 5.21 Å². The summed E-state index contributed by atoms with van der Waals surface area (Å²) in [6, 6.07) is 17.3. The molecule has 0 aliphatic heterocycles. The van der Waals surface area contributed by atoms with Gasteiger partial charge in [0, 0.05) is 6.04 Å². The molecule has 6 heteroatoms. The monoisotopic (exact) mass is 333 g/mol. The summed E-state index contributed by atoms with van der Waals surface area (Å²) in [7, 11) is 0. The van der Waals surface area contributed by atoms with Crippen LogP contribution in [-0.2, 0) is 0 Å². The summed E-state index contributed by atoms with van der Waals surface area (Å²) in [6.07, 6.45) is 0. The average Bonchev–Trinajstić information content (AvgIpc) is 2.67. The fraction of sp³-hybridized carbons (Fsp3) is 0.105. The molecule has 0 aliphatic rings. The molecule has 3 aromatic rings. The summed E-state index contributed by atoms with van der Waals surface area (Å²) < 4.78 is 0. The zero-order valence-electron chi connectivity index (χ0n) is 13.4. The lowest BCUT2D eigenvalue weighted by atomic mass is 10.1. The van der Waals surface area contributed by atoms with Gasteiger partial charge in [0.25, 0.3) is 10.9 Å². The molecule has 0 unspecified atom stereocenters. The van der Waals surface area contributed by atoms with E-state index in [4.69, 9.17) is 5.26 Å². The smallest absolute Gasteiger partial charge is 0.256 e. The number of nitrogens with one attached hydrogen (secondary N) is 1. The van der Waals surface area contributed by atoms with Gasteiger partial charge >= 0.3 is 0 Å². The van der Waals surface area contributed by atoms with E-state index >= 15 is 0 Å². The molecule has 0 aromatic heterocycles. The first-order valence-electron chi connectivity index (χ1n) is 7.67. The number of anilines is 3. The molecule has 124 valence electrons. The van der Waals surface area contributed by atoms with E-state index in [0.29, 0.717) is 16.3 Å². The predicted molar refractivity (Wildman–Crippen MR) is 94.9 cm³/mol. The molecule has 0 aliphatic carbocycles. The highest BCUT2D eigenvalue weighted by molar-refractivity contribution is 5.79. The Morgan fingerprint density at radius 2 is 1.68 bits per heavy atom. The Morgan fingerprint density at radius 1 is 1.04 bits per heavy atom. The van der Waals surface area contributed by atoms with Crippen molar-refractivity contribution in [3.05, 3.63) is 86.2 Å². The molecule has 6 nitrogen and oxygen atoms in total. The van der Waals surface area contributed by atoms with Crippen LogP contribution in [0.2, 0.25) is 0 Å². The average molecular weight is 333 g/mol. The van der Waals surface area contributed by atoms with Gasteiger partial charge in [0.2, 0.25) is 0 Å². The van der Waals surface area contributed by atoms with Crippen LogP contribution >= 0.6 is 0 Å².